The Morgan fingerprint density at radius 2 is 1.79 bits per heavy atom. The number of carbonyl (C=O) groups excluding carboxylic acids is 2. The predicted octanol–water partition coefficient (Wildman–Crippen LogP) is 4.07. The van der Waals surface area contributed by atoms with Crippen LogP contribution >= 0.6 is 0 Å². The van der Waals surface area contributed by atoms with Crippen LogP contribution in [0, 0.1) is 11.7 Å². The van der Waals surface area contributed by atoms with Crippen molar-refractivity contribution in [1.82, 2.24) is 18.7 Å². The number of nitrogens with zero attached hydrogens (tertiary/aromatic N) is 4. The van der Waals surface area contributed by atoms with Crippen molar-refractivity contribution in [1.29, 1.82) is 0 Å². The molecule has 1 saturated heterocycles. The van der Waals surface area contributed by atoms with Gasteiger partial charge in [0.1, 0.15) is 5.82 Å². The third kappa shape index (κ3) is 5.58. The van der Waals surface area contributed by atoms with E-state index in [1.165, 1.54) is 37.6 Å². The van der Waals surface area contributed by atoms with Crippen LogP contribution in [0.1, 0.15) is 25.7 Å². The molecule has 0 radical (unpaired) electrons. The van der Waals surface area contributed by atoms with Crippen molar-refractivity contribution >= 4 is 32.8 Å². The maximum Gasteiger partial charge on any atom is 0.306 e. The van der Waals surface area contributed by atoms with Gasteiger partial charge in [0.05, 0.1) is 30.1 Å². The number of ether oxygens (including phenoxy) is 1. The molecule has 1 fully saturated rings. The zero-order valence-corrected chi connectivity index (χ0v) is 22.3. The van der Waals surface area contributed by atoms with Crippen molar-refractivity contribution in [2.75, 3.05) is 20.2 Å². The average Bonchev–Trinajstić information content (AvgIpc) is 3.57. The number of amides is 1. The van der Waals surface area contributed by atoms with Gasteiger partial charge in [0.2, 0.25) is 5.91 Å². The first-order valence-electron chi connectivity index (χ1n) is 12.7. The second-order valence-electron chi connectivity index (χ2n) is 9.67. The zero-order valence-electron chi connectivity index (χ0n) is 21.5. The van der Waals surface area contributed by atoms with Gasteiger partial charge in [0, 0.05) is 55.0 Å². The molecule has 0 unspecified atom stereocenters. The Morgan fingerprint density at radius 1 is 1.05 bits per heavy atom. The van der Waals surface area contributed by atoms with Gasteiger partial charge in [-0.25, -0.2) is 16.8 Å². The van der Waals surface area contributed by atoms with Crippen LogP contribution in [0.2, 0.25) is 0 Å². The summed E-state index contributed by atoms with van der Waals surface area (Å²) in [6.45, 7) is 1.89. The molecule has 2 aromatic heterocycles. The quantitative estimate of drug-likeness (QED) is 0.305. The number of rotatable bonds is 8. The minimum atomic E-state index is -3.94. The highest BCUT2D eigenvalue weighted by Crippen LogP contribution is 2.33. The fourth-order valence-electron chi connectivity index (χ4n) is 5.01. The summed E-state index contributed by atoms with van der Waals surface area (Å²) in [5.74, 6) is -0.643. The molecule has 4 aromatic rings. The number of piperidine rings is 1. The Bertz CT molecular complexity index is 1610. The fraction of sp³-hybridized carbons (Fsp3) is 0.321. The maximum absolute atomic E-state index is 14.2. The van der Waals surface area contributed by atoms with Crippen LogP contribution in [-0.2, 0) is 30.9 Å². The number of carbonyl (C=O) groups is 2. The second-order valence-corrected chi connectivity index (χ2v) is 11.5. The Kier molecular flexibility index (Phi) is 7.51. The van der Waals surface area contributed by atoms with Gasteiger partial charge in [-0.15, -0.1) is 0 Å². The van der Waals surface area contributed by atoms with Gasteiger partial charge in [0.25, 0.3) is 10.0 Å². The van der Waals surface area contributed by atoms with E-state index in [1.54, 1.807) is 35.4 Å². The van der Waals surface area contributed by atoms with Crippen LogP contribution < -0.4 is 0 Å². The molecule has 0 aliphatic carbocycles. The summed E-state index contributed by atoms with van der Waals surface area (Å²) in [5, 5.41) is 5.11. The molecule has 2 aromatic carbocycles. The number of methoxy groups -OCH3 is 1. The molecule has 0 spiro atoms. The normalized spacial score (nSPS) is 14.6. The average molecular weight is 553 g/mol. The second kappa shape index (κ2) is 11.0. The lowest BCUT2D eigenvalue weighted by Crippen LogP contribution is -2.39. The van der Waals surface area contributed by atoms with Crippen LogP contribution in [0.3, 0.4) is 0 Å². The molecule has 11 heteroatoms. The lowest BCUT2D eigenvalue weighted by Gasteiger charge is -2.32. The monoisotopic (exact) mass is 552 g/mol. The summed E-state index contributed by atoms with van der Waals surface area (Å²) in [6.07, 6.45) is 6.93. The molecule has 1 aliphatic rings. The third-order valence-electron chi connectivity index (χ3n) is 7.16. The third-order valence-corrected chi connectivity index (χ3v) is 8.85. The Labute approximate surface area is 225 Å². The van der Waals surface area contributed by atoms with Crippen molar-refractivity contribution in [2.24, 2.45) is 5.92 Å². The van der Waals surface area contributed by atoms with Gasteiger partial charge in [0.15, 0.2) is 0 Å². The molecule has 0 N–H and O–H groups in total. The van der Waals surface area contributed by atoms with E-state index < -0.39 is 21.8 Å². The first kappa shape index (κ1) is 26.6. The summed E-state index contributed by atoms with van der Waals surface area (Å²) >= 11 is 0. The fourth-order valence-corrected chi connectivity index (χ4v) is 6.39. The molecule has 3 heterocycles. The molecule has 0 bridgehead atoms. The zero-order chi connectivity index (χ0) is 27.6. The summed E-state index contributed by atoms with van der Waals surface area (Å²) in [7, 11) is -2.63. The van der Waals surface area contributed by atoms with E-state index in [0.29, 0.717) is 36.5 Å². The molecular formula is C28H29FN4O5S. The highest BCUT2D eigenvalue weighted by molar-refractivity contribution is 7.90. The number of halogens is 1. The van der Waals surface area contributed by atoms with E-state index >= 15 is 0 Å². The highest BCUT2D eigenvalue weighted by atomic mass is 32.2. The van der Waals surface area contributed by atoms with E-state index in [4.69, 9.17) is 0 Å². The lowest BCUT2D eigenvalue weighted by molar-refractivity contribution is -0.144. The molecule has 0 atom stereocenters. The van der Waals surface area contributed by atoms with Crippen molar-refractivity contribution in [2.45, 2.75) is 37.1 Å². The van der Waals surface area contributed by atoms with Gasteiger partial charge < -0.3 is 9.64 Å². The van der Waals surface area contributed by atoms with Gasteiger partial charge in [-0.1, -0.05) is 18.2 Å². The van der Waals surface area contributed by atoms with Crippen LogP contribution in [0.5, 0.6) is 0 Å². The number of esters is 1. The van der Waals surface area contributed by atoms with Crippen LogP contribution in [0.15, 0.2) is 72.0 Å². The Balaban J connectivity index is 1.32. The van der Waals surface area contributed by atoms with E-state index in [-0.39, 0.29) is 29.2 Å². The molecule has 5 rings (SSSR count). The topological polar surface area (TPSA) is 104 Å². The highest BCUT2D eigenvalue weighted by Gasteiger charge is 2.25. The number of hydrogen-bond donors (Lipinski definition) is 0. The molecule has 204 valence electrons. The molecule has 1 aliphatic heterocycles. The predicted molar refractivity (Wildman–Crippen MR) is 143 cm³/mol. The number of aromatic nitrogens is 3. The number of benzene rings is 2. The lowest BCUT2D eigenvalue weighted by atomic mass is 9.96. The van der Waals surface area contributed by atoms with Gasteiger partial charge in [-0.2, -0.15) is 5.10 Å². The van der Waals surface area contributed by atoms with Crippen LogP contribution in [0.4, 0.5) is 4.39 Å². The van der Waals surface area contributed by atoms with Crippen LogP contribution in [0.25, 0.3) is 22.0 Å². The van der Waals surface area contributed by atoms with Gasteiger partial charge >= 0.3 is 5.97 Å². The Morgan fingerprint density at radius 3 is 2.51 bits per heavy atom. The molecule has 9 nitrogen and oxygen atoms in total. The molecule has 39 heavy (non-hydrogen) atoms. The Hall–Kier alpha value is -3.99. The summed E-state index contributed by atoms with van der Waals surface area (Å²) in [4.78, 5) is 25.6. The van der Waals surface area contributed by atoms with Crippen molar-refractivity contribution in [3.05, 3.63) is 72.9 Å². The summed E-state index contributed by atoms with van der Waals surface area (Å²) in [6, 6.07) is 12.2. The molecular weight excluding hydrogens is 523 g/mol. The van der Waals surface area contributed by atoms with Gasteiger partial charge in [-0.05, 0) is 49.1 Å². The summed E-state index contributed by atoms with van der Waals surface area (Å²) < 4.78 is 48.6. The number of hydrogen-bond acceptors (Lipinski definition) is 6. The van der Waals surface area contributed by atoms with E-state index in [0.717, 1.165) is 22.4 Å². The first-order valence-corrected chi connectivity index (χ1v) is 14.2. The van der Waals surface area contributed by atoms with E-state index in [2.05, 4.69) is 9.84 Å². The molecule has 0 saturated carbocycles. The number of likely N-dealkylation sites (tertiary alicyclic amines) is 1. The minimum absolute atomic E-state index is 0.0430. The van der Waals surface area contributed by atoms with Crippen molar-refractivity contribution < 1.29 is 27.1 Å². The van der Waals surface area contributed by atoms with E-state index in [9.17, 15) is 22.4 Å². The smallest absolute Gasteiger partial charge is 0.306 e. The van der Waals surface area contributed by atoms with Gasteiger partial charge in [-0.3, -0.25) is 14.3 Å². The summed E-state index contributed by atoms with van der Waals surface area (Å²) in [5.41, 5.74) is 1.62. The maximum atomic E-state index is 14.2. The van der Waals surface area contributed by atoms with Crippen LogP contribution in [-0.4, -0.2) is 59.1 Å². The first-order chi connectivity index (χ1) is 18.8. The SMILES string of the molecule is COC(=O)CCC(=O)N1CCC(Cn2cc(-c3cn(S(=O)(=O)c4ccccc4)c4cc(F)ccc34)cn2)CC1. The van der Waals surface area contributed by atoms with E-state index in [1.807, 2.05) is 10.9 Å². The molecule has 1 amide bonds. The standard InChI is InChI=1S/C28H29FN4O5S/c1-38-28(35)10-9-27(34)31-13-11-20(12-14-31)17-32-18-21(16-30-32)25-19-33(26-15-22(29)7-8-24(25)26)39(36,37)23-5-3-2-4-6-23/h2-8,15-16,18-20H,9-14,17H2,1H3. The van der Waals surface area contributed by atoms with Crippen molar-refractivity contribution in [3.8, 4) is 11.1 Å². The minimum Gasteiger partial charge on any atom is -0.469 e. The largest absolute Gasteiger partial charge is 0.469 e. The number of fused-ring (bicyclic) bond motifs is 1. The van der Waals surface area contributed by atoms with Crippen molar-refractivity contribution in [3.63, 3.8) is 0 Å².